The number of hydrogen-bond donors (Lipinski definition) is 4. The minimum absolute atomic E-state index is 0. The van der Waals surface area contributed by atoms with Crippen molar-refractivity contribution < 1.29 is 10.2 Å². The van der Waals surface area contributed by atoms with Gasteiger partial charge in [-0.25, -0.2) is 0 Å². The van der Waals surface area contributed by atoms with E-state index in [1.807, 2.05) is 0 Å². The van der Waals surface area contributed by atoms with Gasteiger partial charge in [0.25, 0.3) is 0 Å². The van der Waals surface area contributed by atoms with E-state index in [-0.39, 0.29) is 29.9 Å². The Kier molecular flexibility index (Phi) is 5.05. The molecule has 0 radical (unpaired) electrons. The Morgan fingerprint density at radius 2 is 1.65 bits per heavy atom. The number of benzene rings is 1. The molecule has 5 heteroatoms. The van der Waals surface area contributed by atoms with Crippen LogP contribution in [-0.4, -0.2) is 23.3 Å². The van der Waals surface area contributed by atoms with E-state index >= 15 is 0 Å². The number of phenols is 2. The Labute approximate surface area is 107 Å². The normalized spacial score (nSPS) is 18.4. The maximum absolute atomic E-state index is 9.41. The van der Waals surface area contributed by atoms with Gasteiger partial charge < -0.3 is 21.3 Å². The molecule has 0 aliphatic carbocycles. The zero-order valence-electron chi connectivity index (χ0n) is 9.60. The smallest absolute Gasteiger partial charge is 0.119 e. The van der Waals surface area contributed by atoms with Gasteiger partial charge in [0, 0.05) is 12.1 Å². The third kappa shape index (κ3) is 3.49. The Bertz CT molecular complexity index is 347. The summed E-state index contributed by atoms with van der Waals surface area (Å²) in [6.45, 7) is 1.98. The number of nitrogens with two attached hydrogens (primary N) is 1. The quantitative estimate of drug-likeness (QED) is 0.649. The van der Waals surface area contributed by atoms with Crippen LogP contribution in [0.5, 0.6) is 11.5 Å². The van der Waals surface area contributed by atoms with Crippen LogP contribution >= 0.6 is 12.4 Å². The van der Waals surface area contributed by atoms with Crippen LogP contribution < -0.4 is 11.1 Å². The lowest BCUT2D eigenvalue weighted by atomic mass is 9.86. The van der Waals surface area contributed by atoms with Gasteiger partial charge in [0.05, 0.1) is 0 Å². The van der Waals surface area contributed by atoms with Crippen LogP contribution in [0.2, 0.25) is 0 Å². The minimum atomic E-state index is -0.111. The maximum atomic E-state index is 9.41. The van der Waals surface area contributed by atoms with E-state index in [0.717, 1.165) is 31.5 Å². The van der Waals surface area contributed by atoms with Crippen LogP contribution in [-0.2, 0) is 0 Å². The van der Waals surface area contributed by atoms with Gasteiger partial charge in [0.1, 0.15) is 11.5 Å². The summed E-state index contributed by atoms with van der Waals surface area (Å²) in [4.78, 5) is 0. The molecule has 0 bridgehead atoms. The predicted octanol–water partition coefficient (Wildman–Crippen LogP) is 1.52. The molecule has 1 aromatic carbocycles. The van der Waals surface area contributed by atoms with Crippen molar-refractivity contribution >= 4 is 12.4 Å². The van der Waals surface area contributed by atoms with E-state index in [9.17, 15) is 10.2 Å². The molecule has 17 heavy (non-hydrogen) atoms. The molecule has 1 aromatic rings. The van der Waals surface area contributed by atoms with Crippen LogP contribution in [0.15, 0.2) is 18.2 Å². The Morgan fingerprint density at radius 3 is 2.18 bits per heavy atom. The van der Waals surface area contributed by atoms with Crippen LogP contribution in [0.1, 0.15) is 24.4 Å². The predicted molar refractivity (Wildman–Crippen MR) is 69.5 cm³/mol. The average Bonchev–Trinajstić information content (AvgIpc) is 2.28. The summed E-state index contributed by atoms with van der Waals surface area (Å²) in [6, 6.07) is 4.47. The number of aromatic hydroxyl groups is 2. The third-order valence-electron chi connectivity index (χ3n) is 3.20. The molecule has 5 N–H and O–H groups in total. The lowest BCUT2D eigenvalue weighted by Crippen LogP contribution is -2.33. The lowest BCUT2D eigenvalue weighted by molar-refractivity contribution is 0.320. The average molecular weight is 259 g/mol. The van der Waals surface area contributed by atoms with Crippen molar-refractivity contribution in [2.75, 3.05) is 13.1 Å². The largest absolute Gasteiger partial charge is 0.508 e. The van der Waals surface area contributed by atoms with Crippen LogP contribution in [0.25, 0.3) is 0 Å². The molecule has 96 valence electrons. The monoisotopic (exact) mass is 258 g/mol. The summed E-state index contributed by atoms with van der Waals surface area (Å²) < 4.78 is 0. The van der Waals surface area contributed by atoms with Crippen molar-refractivity contribution in [2.24, 2.45) is 11.7 Å². The number of phenolic OH excluding ortho intramolecular Hbond substituents is 2. The molecule has 1 heterocycles. The molecule has 1 saturated heterocycles. The van der Waals surface area contributed by atoms with Gasteiger partial charge in [-0.3, -0.25) is 0 Å². The second-order valence-electron chi connectivity index (χ2n) is 4.40. The van der Waals surface area contributed by atoms with Gasteiger partial charge in [-0.2, -0.15) is 0 Å². The second kappa shape index (κ2) is 6.10. The van der Waals surface area contributed by atoms with E-state index in [1.165, 1.54) is 6.07 Å². The van der Waals surface area contributed by atoms with Crippen LogP contribution in [0, 0.1) is 5.92 Å². The Balaban J connectivity index is 0.00000144. The zero-order chi connectivity index (χ0) is 11.5. The standard InChI is InChI=1S/C12H18N2O2.ClH/c13-12(8-1-3-14-4-2-8)9-5-10(15)7-11(16)6-9;/h5-8,12,14-16H,1-4,13H2;1H/t12-;/m1./s1. The molecule has 0 unspecified atom stereocenters. The van der Waals surface area contributed by atoms with E-state index in [1.54, 1.807) is 12.1 Å². The van der Waals surface area contributed by atoms with Crippen molar-refractivity contribution in [1.29, 1.82) is 0 Å². The fraction of sp³-hybridized carbons (Fsp3) is 0.500. The molecular formula is C12H19ClN2O2. The van der Waals surface area contributed by atoms with Crippen molar-refractivity contribution in [1.82, 2.24) is 5.32 Å². The SMILES string of the molecule is Cl.N[C@@H](c1cc(O)cc(O)c1)C1CCNCC1. The molecule has 0 aromatic heterocycles. The number of halogens is 1. The van der Waals surface area contributed by atoms with E-state index < -0.39 is 0 Å². The number of nitrogens with one attached hydrogen (secondary N) is 1. The van der Waals surface area contributed by atoms with Gasteiger partial charge in [-0.05, 0) is 49.5 Å². The fourth-order valence-corrected chi connectivity index (χ4v) is 2.29. The minimum Gasteiger partial charge on any atom is -0.508 e. The highest BCUT2D eigenvalue weighted by Gasteiger charge is 2.22. The lowest BCUT2D eigenvalue weighted by Gasteiger charge is -2.28. The van der Waals surface area contributed by atoms with Crippen molar-refractivity contribution in [3.63, 3.8) is 0 Å². The van der Waals surface area contributed by atoms with Gasteiger partial charge in [0.15, 0.2) is 0 Å². The first-order chi connectivity index (χ1) is 7.66. The van der Waals surface area contributed by atoms with Gasteiger partial charge in [-0.15, -0.1) is 12.4 Å². The maximum Gasteiger partial charge on any atom is 0.119 e. The summed E-state index contributed by atoms with van der Waals surface area (Å²) >= 11 is 0. The van der Waals surface area contributed by atoms with Crippen molar-refractivity contribution in [3.05, 3.63) is 23.8 Å². The van der Waals surface area contributed by atoms with Crippen LogP contribution in [0.3, 0.4) is 0 Å². The molecule has 1 aliphatic heterocycles. The Hall–Kier alpha value is -0.970. The fourth-order valence-electron chi connectivity index (χ4n) is 2.29. The number of piperidine rings is 1. The van der Waals surface area contributed by atoms with E-state index in [4.69, 9.17) is 5.73 Å². The summed E-state index contributed by atoms with van der Waals surface area (Å²) in [5.41, 5.74) is 6.97. The molecule has 1 fully saturated rings. The first kappa shape index (κ1) is 14.1. The van der Waals surface area contributed by atoms with Gasteiger partial charge in [-0.1, -0.05) is 0 Å². The topological polar surface area (TPSA) is 78.5 Å². The molecule has 0 saturated carbocycles. The Morgan fingerprint density at radius 1 is 1.12 bits per heavy atom. The zero-order valence-corrected chi connectivity index (χ0v) is 10.4. The summed E-state index contributed by atoms with van der Waals surface area (Å²) in [7, 11) is 0. The second-order valence-corrected chi connectivity index (χ2v) is 4.40. The first-order valence-corrected chi connectivity index (χ1v) is 5.66. The van der Waals surface area contributed by atoms with Gasteiger partial charge >= 0.3 is 0 Å². The molecule has 1 aliphatic rings. The highest BCUT2D eigenvalue weighted by molar-refractivity contribution is 5.85. The third-order valence-corrected chi connectivity index (χ3v) is 3.20. The van der Waals surface area contributed by atoms with E-state index in [0.29, 0.717) is 5.92 Å². The molecule has 2 rings (SSSR count). The molecule has 0 spiro atoms. The molecule has 1 atom stereocenters. The van der Waals surface area contributed by atoms with E-state index in [2.05, 4.69) is 5.32 Å². The summed E-state index contributed by atoms with van der Waals surface area (Å²) in [5, 5.41) is 22.1. The molecule has 4 nitrogen and oxygen atoms in total. The molecular weight excluding hydrogens is 240 g/mol. The highest BCUT2D eigenvalue weighted by atomic mass is 35.5. The first-order valence-electron chi connectivity index (χ1n) is 5.66. The summed E-state index contributed by atoms with van der Waals surface area (Å²) in [5.74, 6) is 0.557. The molecule has 0 amide bonds. The van der Waals surface area contributed by atoms with Crippen LogP contribution in [0.4, 0.5) is 0 Å². The van der Waals surface area contributed by atoms with Crippen molar-refractivity contribution in [2.45, 2.75) is 18.9 Å². The van der Waals surface area contributed by atoms with Crippen molar-refractivity contribution in [3.8, 4) is 11.5 Å². The number of hydrogen-bond acceptors (Lipinski definition) is 4. The van der Waals surface area contributed by atoms with Gasteiger partial charge in [0.2, 0.25) is 0 Å². The summed E-state index contributed by atoms with van der Waals surface area (Å²) in [6.07, 6.45) is 2.08. The number of rotatable bonds is 2. The highest BCUT2D eigenvalue weighted by Crippen LogP contribution is 2.31.